The third kappa shape index (κ3) is 5.24. The first kappa shape index (κ1) is 19.8. The third-order valence-electron chi connectivity index (χ3n) is 4.20. The molecule has 1 saturated heterocycles. The highest BCUT2D eigenvalue weighted by Gasteiger charge is 2.47. The van der Waals surface area contributed by atoms with E-state index < -0.39 is 24.9 Å². The van der Waals surface area contributed by atoms with Gasteiger partial charge in [-0.3, -0.25) is 4.90 Å². The second kappa shape index (κ2) is 8.27. The number of halogens is 4. The van der Waals surface area contributed by atoms with Crippen molar-refractivity contribution in [3.63, 3.8) is 0 Å². The Labute approximate surface area is 152 Å². The summed E-state index contributed by atoms with van der Waals surface area (Å²) >= 11 is 3.40. The zero-order chi connectivity index (χ0) is 18.6. The molecule has 9 heteroatoms. The van der Waals surface area contributed by atoms with Crippen molar-refractivity contribution in [2.75, 3.05) is 32.8 Å². The van der Waals surface area contributed by atoms with Crippen LogP contribution in [0.3, 0.4) is 0 Å². The zero-order valence-corrected chi connectivity index (χ0v) is 15.3. The first-order valence-electron chi connectivity index (χ1n) is 7.86. The van der Waals surface area contributed by atoms with Crippen LogP contribution >= 0.6 is 15.9 Å². The fourth-order valence-corrected chi connectivity index (χ4v) is 3.11. The molecule has 5 nitrogen and oxygen atoms in total. The van der Waals surface area contributed by atoms with Crippen molar-refractivity contribution in [3.8, 4) is 5.75 Å². The number of carboxylic acid groups (broad SMARTS) is 1. The topological polar surface area (TPSA) is 53.0 Å². The monoisotopic (exact) mass is 424 g/mol. The molecule has 0 bridgehead atoms. The van der Waals surface area contributed by atoms with Crippen LogP contribution in [0, 0.1) is 6.92 Å². The summed E-state index contributed by atoms with van der Waals surface area (Å²) in [5.41, 5.74) is 0.936. The van der Waals surface area contributed by atoms with E-state index in [0.29, 0.717) is 18.8 Å². The second-order valence-corrected chi connectivity index (χ2v) is 6.74. The number of rotatable bonds is 5. The van der Waals surface area contributed by atoms with Crippen molar-refractivity contribution in [1.29, 1.82) is 0 Å². The van der Waals surface area contributed by atoms with E-state index in [1.807, 2.05) is 25.1 Å². The van der Waals surface area contributed by atoms with Crippen LogP contribution in [0.25, 0.3) is 0 Å². The van der Waals surface area contributed by atoms with E-state index in [1.165, 1.54) is 4.90 Å². The molecule has 1 N–H and O–H groups in total. The smallest absolute Gasteiger partial charge is 0.407 e. The van der Waals surface area contributed by atoms with Gasteiger partial charge in [0.15, 0.2) is 0 Å². The molecule has 0 aliphatic carbocycles. The summed E-state index contributed by atoms with van der Waals surface area (Å²) in [4.78, 5) is 13.0. The van der Waals surface area contributed by atoms with Crippen molar-refractivity contribution in [1.82, 2.24) is 9.80 Å². The van der Waals surface area contributed by atoms with E-state index in [0.717, 1.165) is 14.9 Å². The average Bonchev–Trinajstić information content (AvgIpc) is 2.54. The Balaban J connectivity index is 1.88. The average molecular weight is 425 g/mol. The molecule has 0 radical (unpaired) electrons. The second-order valence-electron chi connectivity index (χ2n) is 5.89. The van der Waals surface area contributed by atoms with Crippen LogP contribution in [-0.4, -0.2) is 66.0 Å². The lowest BCUT2D eigenvalue weighted by Gasteiger charge is -2.40. The molecule has 1 fully saturated rings. The summed E-state index contributed by atoms with van der Waals surface area (Å²) in [7, 11) is 0. The molecule has 0 spiro atoms. The van der Waals surface area contributed by atoms with Gasteiger partial charge in [-0.25, -0.2) is 4.79 Å². The molecule has 140 valence electrons. The number of alkyl halides is 3. The third-order valence-corrected chi connectivity index (χ3v) is 5.06. The standard InChI is InChI=1S/C16H20BrF3N2O3/c1-11-12(17)4-2-5-13(11)25-9-3-6-21-7-8-22(15(23)24)10-14(21)16(18,19)20/h2,4-5,14H,3,6-10H2,1H3,(H,23,24)/t14-/m1/s1. The highest BCUT2D eigenvalue weighted by Crippen LogP contribution is 2.28. The number of hydrogen-bond donors (Lipinski definition) is 1. The number of nitrogens with zero attached hydrogens (tertiary/aromatic N) is 2. The molecule has 0 unspecified atom stereocenters. The predicted molar refractivity (Wildman–Crippen MR) is 90.0 cm³/mol. The Kier molecular flexibility index (Phi) is 6.56. The van der Waals surface area contributed by atoms with Crippen LogP contribution < -0.4 is 4.74 Å². The van der Waals surface area contributed by atoms with Gasteiger partial charge in [-0.2, -0.15) is 13.2 Å². The van der Waals surface area contributed by atoms with Crippen molar-refractivity contribution >= 4 is 22.0 Å². The number of carbonyl (C=O) groups is 1. The van der Waals surface area contributed by atoms with E-state index in [9.17, 15) is 18.0 Å². The first-order chi connectivity index (χ1) is 11.7. The molecule has 25 heavy (non-hydrogen) atoms. The Morgan fingerprint density at radius 3 is 2.76 bits per heavy atom. The Morgan fingerprint density at radius 2 is 2.12 bits per heavy atom. The first-order valence-corrected chi connectivity index (χ1v) is 8.66. The molecule has 1 aromatic carbocycles. The predicted octanol–water partition coefficient (Wildman–Crippen LogP) is 3.75. The van der Waals surface area contributed by atoms with Crippen molar-refractivity contribution in [2.45, 2.75) is 25.6 Å². The lowest BCUT2D eigenvalue weighted by atomic mass is 10.1. The molecule has 1 aliphatic rings. The fraction of sp³-hybridized carbons (Fsp3) is 0.562. The van der Waals surface area contributed by atoms with Gasteiger partial charge < -0.3 is 14.7 Å². The minimum atomic E-state index is -4.46. The van der Waals surface area contributed by atoms with E-state index >= 15 is 0 Å². The zero-order valence-electron chi connectivity index (χ0n) is 13.7. The molecule has 0 aromatic heterocycles. The van der Waals surface area contributed by atoms with E-state index in [-0.39, 0.29) is 19.6 Å². The van der Waals surface area contributed by atoms with Gasteiger partial charge >= 0.3 is 12.3 Å². The highest BCUT2D eigenvalue weighted by atomic mass is 79.9. The Hall–Kier alpha value is -1.48. The van der Waals surface area contributed by atoms with Crippen LogP contribution in [0.15, 0.2) is 22.7 Å². The molecular weight excluding hydrogens is 405 g/mol. The maximum absolute atomic E-state index is 13.2. The quantitative estimate of drug-likeness (QED) is 0.731. The maximum Gasteiger partial charge on any atom is 0.407 e. The van der Waals surface area contributed by atoms with Crippen LogP contribution in [-0.2, 0) is 0 Å². The van der Waals surface area contributed by atoms with Crippen LogP contribution in [0.4, 0.5) is 18.0 Å². The van der Waals surface area contributed by atoms with Gasteiger partial charge in [0.1, 0.15) is 11.8 Å². The van der Waals surface area contributed by atoms with Gasteiger partial charge in [0.05, 0.1) is 6.61 Å². The van der Waals surface area contributed by atoms with Crippen LogP contribution in [0.1, 0.15) is 12.0 Å². The largest absolute Gasteiger partial charge is 0.493 e. The number of amides is 1. The molecule has 1 atom stereocenters. The summed E-state index contributed by atoms with van der Waals surface area (Å²) in [6.07, 6.45) is -5.36. The van der Waals surface area contributed by atoms with Gasteiger partial charge in [-0.15, -0.1) is 0 Å². The van der Waals surface area contributed by atoms with Crippen molar-refractivity contribution in [3.05, 3.63) is 28.2 Å². The van der Waals surface area contributed by atoms with Crippen LogP contribution in [0.5, 0.6) is 5.75 Å². The van der Waals surface area contributed by atoms with E-state index in [1.54, 1.807) is 0 Å². The number of benzene rings is 1. The molecule has 2 rings (SSSR count). The highest BCUT2D eigenvalue weighted by molar-refractivity contribution is 9.10. The molecule has 1 aliphatic heterocycles. The number of piperazine rings is 1. The lowest BCUT2D eigenvalue weighted by Crippen LogP contribution is -2.60. The summed E-state index contributed by atoms with van der Waals surface area (Å²) in [5.74, 6) is 0.692. The summed E-state index contributed by atoms with van der Waals surface area (Å²) < 4.78 is 46.2. The van der Waals surface area contributed by atoms with Gasteiger partial charge in [0.25, 0.3) is 0 Å². The molecular formula is C16H20BrF3N2O3. The van der Waals surface area contributed by atoms with Gasteiger partial charge in [0.2, 0.25) is 0 Å². The van der Waals surface area contributed by atoms with Crippen molar-refractivity contribution in [2.24, 2.45) is 0 Å². The Bertz CT molecular complexity index is 613. The normalized spacial score (nSPS) is 19.1. The van der Waals surface area contributed by atoms with E-state index in [2.05, 4.69) is 15.9 Å². The summed E-state index contributed by atoms with van der Waals surface area (Å²) in [6.45, 7) is 1.97. The molecule has 1 amide bonds. The lowest BCUT2D eigenvalue weighted by molar-refractivity contribution is -0.195. The molecule has 1 heterocycles. The van der Waals surface area contributed by atoms with Gasteiger partial charge in [-0.05, 0) is 25.5 Å². The van der Waals surface area contributed by atoms with Crippen LogP contribution in [0.2, 0.25) is 0 Å². The minimum absolute atomic E-state index is 0.0619. The molecule has 0 saturated carbocycles. The maximum atomic E-state index is 13.2. The SMILES string of the molecule is Cc1c(Br)cccc1OCCCN1CCN(C(=O)O)C[C@@H]1C(F)(F)F. The van der Waals surface area contributed by atoms with Gasteiger partial charge in [-0.1, -0.05) is 22.0 Å². The summed E-state index contributed by atoms with van der Waals surface area (Å²) in [6, 6.07) is 3.75. The Morgan fingerprint density at radius 1 is 1.40 bits per heavy atom. The van der Waals surface area contributed by atoms with Gasteiger partial charge in [0, 0.05) is 36.2 Å². The summed E-state index contributed by atoms with van der Waals surface area (Å²) in [5, 5.41) is 8.91. The number of hydrogen-bond acceptors (Lipinski definition) is 3. The molecule has 1 aromatic rings. The number of ether oxygens (including phenoxy) is 1. The van der Waals surface area contributed by atoms with Crippen molar-refractivity contribution < 1.29 is 27.8 Å². The van der Waals surface area contributed by atoms with E-state index in [4.69, 9.17) is 9.84 Å². The minimum Gasteiger partial charge on any atom is -0.493 e. The fourth-order valence-electron chi connectivity index (χ4n) is 2.77.